The van der Waals surface area contributed by atoms with Gasteiger partial charge in [0.05, 0.1) is 25.9 Å². The van der Waals surface area contributed by atoms with E-state index in [4.69, 9.17) is 9.47 Å². The summed E-state index contributed by atoms with van der Waals surface area (Å²) in [7, 11) is 0. The molecule has 0 aromatic heterocycles. The Labute approximate surface area is 194 Å². The molecule has 2 unspecified atom stereocenters. The van der Waals surface area contributed by atoms with Crippen molar-refractivity contribution < 1.29 is 9.47 Å². The topological polar surface area (TPSA) is 58.1 Å². The molecular formula is C20H32BrIN4O2. The molecule has 2 saturated heterocycles. The van der Waals surface area contributed by atoms with Crippen LogP contribution >= 0.6 is 39.9 Å². The van der Waals surface area contributed by atoms with Crippen LogP contribution < -0.4 is 15.5 Å². The zero-order chi connectivity index (χ0) is 18.9. The number of rotatable bonds is 8. The molecule has 8 heteroatoms. The monoisotopic (exact) mass is 566 g/mol. The van der Waals surface area contributed by atoms with E-state index in [0.717, 1.165) is 55.9 Å². The lowest BCUT2D eigenvalue weighted by molar-refractivity contribution is 0.0200. The average molecular weight is 567 g/mol. The molecule has 28 heavy (non-hydrogen) atoms. The van der Waals surface area contributed by atoms with E-state index >= 15 is 0 Å². The van der Waals surface area contributed by atoms with E-state index < -0.39 is 0 Å². The number of hydrogen-bond acceptors (Lipinski definition) is 4. The molecule has 0 spiro atoms. The lowest BCUT2D eigenvalue weighted by Gasteiger charge is -2.20. The van der Waals surface area contributed by atoms with Crippen molar-refractivity contribution in [3.05, 3.63) is 28.7 Å². The number of benzene rings is 1. The molecule has 6 nitrogen and oxygen atoms in total. The van der Waals surface area contributed by atoms with Crippen LogP contribution in [-0.2, 0) is 9.47 Å². The standard InChI is InChI=1S/C20H31BrN4O2.HI/c1-2-22-20(23-10-13-26-15-19-4-3-12-27-19)24-17-9-11-25(14-17)18-7-5-16(21)6-8-18;/h5-8,17,19H,2-4,9-15H2,1H3,(H2,22,23,24);1H. The molecule has 2 N–H and O–H groups in total. The second kappa shape index (κ2) is 12.9. The summed E-state index contributed by atoms with van der Waals surface area (Å²) in [5.74, 6) is 0.876. The molecule has 2 atom stereocenters. The summed E-state index contributed by atoms with van der Waals surface area (Å²) in [4.78, 5) is 7.07. The molecule has 2 heterocycles. The summed E-state index contributed by atoms with van der Waals surface area (Å²) in [6.07, 6.45) is 3.66. The molecule has 0 saturated carbocycles. The summed E-state index contributed by atoms with van der Waals surface area (Å²) < 4.78 is 12.4. The van der Waals surface area contributed by atoms with Crippen molar-refractivity contribution in [3.8, 4) is 0 Å². The van der Waals surface area contributed by atoms with Crippen LogP contribution in [0.25, 0.3) is 0 Å². The maximum Gasteiger partial charge on any atom is 0.191 e. The molecule has 0 radical (unpaired) electrons. The summed E-state index contributed by atoms with van der Waals surface area (Å²) >= 11 is 3.50. The zero-order valence-electron chi connectivity index (χ0n) is 16.5. The van der Waals surface area contributed by atoms with E-state index in [-0.39, 0.29) is 30.1 Å². The molecule has 0 bridgehead atoms. The third-order valence-electron chi connectivity index (χ3n) is 4.90. The normalized spacial score (nSPS) is 22.2. The van der Waals surface area contributed by atoms with Crippen LogP contribution in [0.15, 0.2) is 33.7 Å². The highest BCUT2D eigenvalue weighted by Crippen LogP contribution is 2.22. The van der Waals surface area contributed by atoms with Crippen molar-refractivity contribution in [2.75, 3.05) is 50.9 Å². The van der Waals surface area contributed by atoms with Gasteiger partial charge in [-0.25, -0.2) is 0 Å². The van der Waals surface area contributed by atoms with Gasteiger partial charge >= 0.3 is 0 Å². The van der Waals surface area contributed by atoms with Gasteiger partial charge in [-0.2, -0.15) is 0 Å². The summed E-state index contributed by atoms with van der Waals surface area (Å²) in [5, 5.41) is 6.91. The third kappa shape index (κ3) is 7.68. The Morgan fingerprint density at radius 2 is 2.14 bits per heavy atom. The predicted octanol–water partition coefficient (Wildman–Crippen LogP) is 3.40. The van der Waals surface area contributed by atoms with Gasteiger partial charge in [0.2, 0.25) is 0 Å². The SMILES string of the molecule is CCNC(=NCCOCC1CCCO1)NC1CCN(c2ccc(Br)cc2)C1.I. The second-order valence-electron chi connectivity index (χ2n) is 7.02. The Hall–Kier alpha value is -0.580. The number of nitrogens with zero attached hydrogens (tertiary/aromatic N) is 2. The van der Waals surface area contributed by atoms with Crippen molar-refractivity contribution in [1.82, 2.24) is 10.6 Å². The minimum atomic E-state index is 0. The van der Waals surface area contributed by atoms with E-state index in [1.165, 1.54) is 5.69 Å². The number of aliphatic imine (C=N–C) groups is 1. The first-order valence-electron chi connectivity index (χ1n) is 9.99. The zero-order valence-corrected chi connectivity index (χ0v) is 20.4. The minimum Gasteiger partial charge on any atom is -0.377 e. The number of halogens is 2. The van der Waals surface area contributed by atoms with Crippen molar-refractivity contribution in [2.24, 2.45) is 4.99 Å². The molecule has 2 fully saturated rings. The fourth-order valence-corrected chi connectivity index (χ4v) is 3.75. The minimum absolute atomic E-state index is 0. The first-order valence-corrected chi connectivity index (χ1v) is 10.8. The second-order valence-corrected chi connectivity index (χ2v) is 7.94. The van der Waals surface area contributed by atoms with Gasteiger partial charge in [0.15, 0.2) is 5.96 Å². The quantitative estimate of drug-likeness (QED) is 0.219. The fraction of sp³-hybridized carbons (Fsp3) is 0.650. The third-order valence-corrected chi connectivity index (χ3v) is 5.43. The van der Waals surface area contributed by atoms with Gasteiger partial charge in [0.25, 0.3) is 0 Å². The molecule has 3 rings (SSSR count). The van der Waals surface area contributed by atoms with Crippen molar-refractivity contribution in [1.29, 1.82) is 0 Å². The molecule has 0 aliphatic carbocycles. The Morgan fingerprint density at radius 3 is 2.86 bits per heavy atom. The smallest absolute Gasteiger partial charge is 0.191 e. The molecule has 2 aliphatic heterocycles. The lowest BCUT2D eigenvalue weighted by Crippen LogP contribution is -2.44. The first kappa shape index (κ1) is 23.7. The molecular weight excluding hydrogens is 535 g/mol. The van der Waals surface area contributed by atoms with Crippen LogP contribution in [-0.4, -0.2) is 64.1 Å². The Bertz CT molecular complexity index is 596. The van der Waals surface area contributed by atoms with Gasteiger partial charge in [0.1, 0.15) is 0 Å². The van der Waals surface area contributed by atoms with E-state index in [0.29, 0.717) is 25.8 Å². The Kier molecular flexibility index (Phi) is 10.9. The fourth-order valence-electron chi connectivity index (χ4n) is 3.49. The van der Waals surface area contributed by atoms with Crippen molar-refractivity contribution in [2.45, 2.75) is 38.3 Å². The molecule has 2 aliphatic rings. The van der Waals surface area contributed by atoms with Crippen molar-refractivity contribution in [3.63, 3.8) is 0 Å². The van der Waals surface area contributed by atoms with Crippen molar-refractivity contribution >= 4 is 51.6 Å². The highest BCUT2D eigenvalue weighted by Gasteiger charge is 2.23. The first-order chi connectivity index (χ1) is 13.2. The van der Waals surface area contributed by atoms with Crippen LogP contribution in [0.5, 0.6) is 0 Å². The predicted molar refractivity (Wildman–Crippen MR) is 129 cm³/mol. The van der Waals surface area contributed by atoms with E-state index in [2.05, 4.69) is 67.6 Å². The van der Waals surface area contributed by atoms with Gasteiger partial charge in [-0.3, -0.25) is 4.99 Å². The molecule has 1 aromatic rings. The largest absolute Gasteiger partial charge is 0.377 e. The number of guanidine groups is 1. The highest BCUT2D eigenvalue weighted by atomic mass is 127. The summed E-state index contributed by atoms with van der Waals surface area (Å²) in [6.45, 7) is 7.84. The van der Waals surface area contributed by atoms with Crippen LogP contribution in [0.1, 0.15) is 26.2 Å². The van der Waals surface area contributed by atoms with E-state index in [1.54, 1.807) is 0 Å². The van der Waals surface area contributed by atoms with Gasteiger partial charge < -0.3 is 25.0 Å². The number of anilines is 1. The number of nitrogens with one attached hydrogen (secondary N) is 2. The number of hydrogen-bond donors (Lipinski definition) is 2. The van der Waals surface area contributed by atoms with Gasteiger partial charge in [-0.05, 0) is 50.5 Å². The van der Waals surface area contributed by atoms with Gasteiger partial charge in [0, 0.05) is 42.4 Å². The van der Waals surface area contributed by atoms with Crippen LogP contribution in [0, 0.1) is 0 Å². The van der Waals surface area contributed by atoms with Crippen LogP contribution in [0.4, 0.5) is 5.69 Å². The molecule has 0 amide bonds. The molecule has 1 aromatic carbocycles. The molecule has 158 valence electrons. The maximum absolute atomic E-state index is 5.70. The summed E-state index contributed by atoms with van der Waals surface area (Å²) in [6, 6.07) is 8.92. The Balaban J connectivity index is 0.00000280. The maximum atomic E-state index is 5.70. The highest BCUT2D eigenvalue weighted by molar-refractivity contribution is 14.0. The van der Waals surface area contributed by atoms with E-state index in [9.17, 15) is 0 Å². The Morgan fingerprint density at radius 1 is 1.32 bits per heavy atom. The van der Waals surface area contributed by atoms with E-state index in [1.807, 2.05) is 0 Å². The van der Waals surface area contributed by atoms with Gasteiger partial charge in [-0.15, -0.1) is 24.0 Å². The average Bonchev–Trinajstić information content (AvgIpc) is 3.34. The van der Waals surface area contributed by atoms with Crippen LogP contribution in [0.2, 0.25) is 0 Å². The summed E-state index contributed by atoms with van der Waals surface area (Å²) in [5.41, 5.74) is 1.27. The lowest BCUT2D eigenvalue weighted by atomic mass is 10.2. The van der Waals surface area contributed by atoms with Gasteiger partial charge in [-0.1, -0.05) is 15.9 Å². The van der Waals surface area contributed by atoms with Crippen LogP contribution in [0.3, 0.4) is 0 Å². The number of ether oxygens (including phenoxy) is 2.